The summed E-state index contributed by atoms with van der Waals surface area (Å²) >= 11 is 1.15. The van der Waals surface area contributed by atoms with Crippen LogP contribution in [0.4, 0.5) is 5.82 Å². The number of hydrogen-bond donors (Lipinski definition) is 2. The molecule has 8 heteroatoms. The molecule has 116 valence electrons. The maximum Gasteiger partial charge on any atom is 0.256 e. The van der Waals surface area contributed by atoms with E-state index >= 15 is 0 Å². The summed E-state index contributed by atoms with van der Waals surface area (Å²) in [5, 5.41) is 4.53. The third kappa shape index (κ3) is 3.34. The third-order valence-corrected chi connectivity index (χ3v) is 4.00. The third-order valence-electron chi connectivity index (χ3n) is 3.36. The van der Waals surface area contributed by atoms with Crippen LogP contribution in [0.5, 0.6) is 5.88 Å². The second-order valence-corrected chi connectivity index (χ2v) is 5.51. The van der Waals surface area contributed by atoms with Crippen molar-refractivity contribution < 1.29 is 14.3 Å². The van der Waals surface area contributed by atoms with Crippen molar-refractivity contribution in [2.45, 2.75) is 18.6 Å². The van der Waals surface area contributed by atoms with E-state index in [-0.39, 0.29) is 23.9 Å². The van der Waals surface area contributed by atoms with Crippen LogP contribution in [0.1, 0.15) is 16.8 Å². The van der Waals surface area contributed by atoms with Crippen LogP contribution < -0.4 is 15.8 Å². The maximum absolute atomic E-state index is 12.2. The van der Waals surface area contributed by atoms with Crippen molar-refractivity contribution >= 4 is 23.3 Å². The Morgan fingerprint density at radius 1 is 1.50 bits per heavy atom. The van der Waals surface area contributed by atoms with Gasteiger partial charge in [-0.3, -0.25) is 4.79 Å². The zero-order valence-corrected chi connectivity index (χ0v) is 12.6. The maximum atomic E-state index is 12.2. The fourth-order valence-electron chi connectivity index (χ4n) is 2.23. The monoisotopic (exact) mass is 320 g/mol. The van der Waals surface area contributed by atoms with Crippen LogP contribution in [0.25, 0.3) is 0 Å². The smallest absolute Gasteiger partial charge is 0.256 e. The first-order chi connectivity index (χ1) is 10.7. The van der Waals surface area contributed by atoms with E-state index in [1.807, 2.05) is 12.1 Å². The van der Waals surface area contributed by atoms with Crippen LogP contribution in [-0.4, -0.2) is 40.6 Å². The molecule has 22 heavy (non-hydrogen) atoms. The molecule has 1 saturated heterocycles. The molecule has 0 unspecified atom stereocenters. The van der Waals surface area contributed by atoms with Gasteiger partial charge in [-0.25, -0.2) is 4.98 Å². The minimum absolute atomic E-state index is 0.194. The van der Waals surface area contributed by atoms with Gasteiger partial charge < -0.3 is 20.5 Å². The summed E-state index contributed by atoms with van der Waals surface area (Å²) in [7, 11) is 0. The van der Waals surface area contributed by atoms with E-state index in [0.29, 0.717) is 31.1 Å². The normalized spacial score (nSPS) is 21.3. The Morgan fingerprint density at radius 3 is 3.14 bits per heavy atom. The van der Waals surface area contributed by atoms with Gasteiger partial charge in [0.15, 0.2) is 0 Å². The van der Waals surface area contributed by atoms with Crippen LogP contribution in [0, 0.1) is 0 Å². The van der Waals surface area contributed by atoms with Crippen LogP contribution in [-0.2, 0) is 4.74 Å². The van der Waals surface area contributed by atoms with Gasteiger partial charge in [-0.1, -0.05) is 6.07 Å². The fraction of sp³-hybridized carbons (Fsp3) is 0.357. The number of amides is 1. The number of carbonyl (C=O) groups is 1. The van der Waals surface area contributed by atoms with Gasteiger partial charge >= 0.3 is 0 Å². The number of anilines is 1. The lowest BCUT2D eigenvalue weighted by molar-refractivity contribution is -0.00447. The molecule has 3 N–H and O–H groups in total. The number of rotatable bonds is 4. The zero-order valence-electron chi connectivity index (χ0n) is 11.8. The highest BCUT2D eigenvalue weighted by molar-refractivity contribution is 7.04. The molecule has 0 radical (unpaired) electrons. The molecule has 0 saturated carbocycles. The molecular weight excluding hydrogens is 304 g/mol. The molecule has 1 fully saturated rings. The molecule has 0 spiro atoms. The topological polar surface area (TPSA) is 99.4 Å². The van der Waals surface area contributed by atoms with Crippen molar-refractivity contribution in [3.05, 3.63) is 35.3 Å². The molecule has 1 amide bonds. The van der Waals surface area contributed by atoms with E-state index in [2.05, 4.69) is 14.7 Å². The minimum Gasteiger partial charge on any atom is -0.472 e. The largest absolute Gasteiger partial charge is 0.472 e. The zero-order chi connectivity index (χ0) is 15.4. The summed E-state index contributed by atoms with van der Waals surface area (Å²) in [4.78, 5) is 16.4. The molecule has 0 aromatic carbocycles. The van der Waals surface area contributed by atoms with E-state index in [9.17, 15) is 4.79 Å². The minimum atomic E-state index is -0.267. The molecule has 2 aromatic rings. The second kappa shape index (κ2) is 6.71. The van der Waals surface area contributed by atoms with Crippen LogP contribution in [0.3, 0.4) is 0 Å². The first-order valence-electron chi connectivity index (χ1n) is 6.90. The predicted octanol–water partition coefficient (Wildman–Crippen LogP) is 1.09. The van der Waals surface area contributed by atoms with Crippen molar-refractivity contribution in [2.24, 2.45) is 0 Å². The van der Waals surface area contributed by atoms with Gasteiger partial charge in [0.05, 0.1) is 24.8 Å². The first kappa shape index (κ1) is 14.7. The summed E-state index contributed by atoms with van der Waals surface area (Å²) in [6.07, 6.45) is 2.15. The van der Waals surface area contributed by atoms with Gasteiger partial charge in [0.1, 0.15) is 11.9 Å². The number of nitrogens with zero attached hydrogens (tertiary/aromatic N) is 2. The molecule has 1 aliphatic heterocycles. The summed E-state index contributed by atoms with van der Waals surface area (Å²) in [5.41, 5.74) is 6.05. The van der Waals surface area contributed by atoms with Crippen molar-refractivity contribution in [1.29, 1.82) is 0 Å². The summed E-state index contributed by atoms with van der Waals surface area (Å²) in [6.45, 7) is 0.979. The highest BCUT2D eigenvalue weighted by Crippen LogP contribution is 2.18. The lowest BCUT2D eigenvalue weighted by Crippen LogP contribution is -2.51. The lowest BCUT2D eigenvalue weighted by atomic mass is 10.1. The molecular formula is C14H16N4O3S. The summed E-state index contributed by atoms with van der Waals surface area (Å²) in [6, 6.07) is 5.20. The fourth-order valence-corrected chi connectivity index (χ4v) is 2.83. The Labute approximate surface area is 131 Å². The van der Waals surface area contributed by atoms with Crippen molar-refractivity contribution in [3.63, 3.8) is 0 Å². The average Bonchev–Trinajstić information content (AvgIpc) is 2.96. The van der Waals surface area contributed by atoms with Gasteiger partial charge in [-0.15, -0.1) is 0 Å². The predicted molar refractivity (Wildman–Crippen MR) is 81.9 cm³/mol. The number of carbonyl (C=O) groups excluding carboxylic acids is 1. The number of nitrogen functional groups attached to an aromatic ring is 1. The lowest BCUT2D eigenvalue weighted by Gasteiger charge is -2.31. The molecule has 3 heterocycles. The molecule has 2 atom stereocenters. The number of pyridine rings is 1. The van der Waals surface area contributed by atoms with Gasteiger partial charge in [0.2, 0.25) is 5.88 Å². The highest BCUT2D eigenvalue weighted by atomic mass is 32.1. The molecule has 2 aromatic heterocycles. The standard InChI is InChI=1S/C14H16N4O3S/c15-13-9(8-22-18-13)14(19)17-10-7-20-6-4-11(10)21-12-3-1-2-5-16-12/h1-3,5,8,10-11H,4,6-7H2,(H2,15,18)(H,17,19)/t10-,11-/m1/s1. The Balaban J connectivity index is 1.67. The molecule has 0 aliphatic carbocycles. The number of nitrogens with two attached hydrogens (primary N) is 1. The van der Waals surface area contributed by atoms with Crippen molar-refractivity contribution in [3.8, 4) is 5.88 Å². The SMILES string of the molecule is Nc1nscc1C(=O)N[C@@H]1COCC[C@H]1Oc1ccccn1. The molecule has 0 bridgehead atoms. The van der Waals surface area contributed by atoms with E-state index in [4.69, 9.17) is 15.2 Å². The van der Waals surface area contributed by atoms with E-state index in [1.165, 1.54) is 0 Å². The van der Waals surface area contributed by atoms with Gasteiger partial charge in [0.25, 0.3) is 5.91 Å². The molecule has 3 rings (SSSR count). The number of hydrogen-bond acceptors (Lipinski definition) is 7. The first-order valence-corrected chi connectivity index (χ1v) is 7.74. The van der Waals surface area contributed by atoms with E-state index in [0.717, 1.165) is 11.5 Å². The summed E-state index contributed by atoms with van der Waals surface area (Å²) < 4.78 is 15.2. The Hall–Kier alpha value is -2.19. The molecule has 7 nitrogen and oxygen atoms in total. The number of aromatic nitrogens is 2. The molecule has 1 aliphatic rings. The van der Waals surface area contributed by atoms with Gasteiger partial charge in [0, 0.05) is 24.1 Å². The van der Waals surface area contributed by atoms with E-state index in [1.54, 1.807) is 17.6 Å². The van der Waals surface area contributed by atoms with E-state index < -0.39 is 0 Å². The average molecular weight is 320 g/mol. The summed E-state index contributed by atoms with van der Waals surface area (Å²) in [5.74, 6) is 0.503. The van der Waals surface area contributed by atoms with Gasteiger partial charge in [-0.2, -0.15) is 4.37 Å². The van der Waals surface area contributed by atoms with Gasteiger partial charge in [-0.05, 0) is 17.6 Å². The second-order valence-electron chi connectivity index (χ2n) is 4.88. The van der Waals surface area contributed by atoms with Crippen molar-refractivity contribution in [1.82, 2.24) is 14.7 Å². The van der Waals surface area contributed by atoms with Crippen LogP contribution in [0.2, 0.25) is 0 Å². The number of ether oxygens (including phenoxy) is 2. The Bertz CT molecular complexity index is 634. The van der Waals surface area contributed by atoms with Crippen molar-refractivity contribution in [2.75, 3.05) is 18.9 Å². The van der Waals surface area contributed by atoms with Crippen LogP contribution >= 0.6 is 11.5 Å². The van der Waals surface area contributed by atoms with Crippen LogP contribution in [0.15, 0.2) is 29.8 Å². The number of nitrogens with one attached hydrogen (secondary N) is 1. The quantitative estimate of drug-likeness (QED) is 0.875. The highest BCUT2D eigenvalue weighted by Gasteiger charge is 2.30. The Morgan fingerprint density at radius 2 is 2.41 bits per heavy atom. The Kier molecular flexibility index (Phi) is 4.50.